The predicted molar refractivity (Wildman–Crippen MR) is 86.7 cm³/mol. The summed E-state index contributed by atoms with van der Waals surface area (Å²) < 4.78 is 1.21. The Hall–Kier alpha value is 0.01000. The van der Waals surface area contributed by atoms with Crippen molar-refractivity contribution in [2.24, 2.45) is 0 Å². The van der Waals surface area contributed by atoms with Crippen molar-refractivity contribution in [3.8, 4) is 0 Å². The molecular weight excluding hydrogens is 318 g/mol. The maximum Gasteiger partial charge on any atom is 0.0219 e. The number of hydrogen-bond donors (Lipinski definition) is 1. The molecule has 0 unspecified atom stereocenters. The molecule has 3 rings (SSSR count). The monoisotopic (exact) mass is 339 g/mol. The van der Waals surface area contributed by atoms with Crippen LogP contribution in [0.15, 0.2) is 27.6 Å². The summed E-state index contributed by atoms with van der Waals surface area (Å²) in [7, 11) is 0. The molecule has 2 fully saturated rings. The molecule has 104 valence electrons. The van der Waals surface area contributed by atoms with Gasteiger partial charge < -0.3 is 5.32 Å². The van der Waals surface area contributed by atoms with Crippen LogP contribution in [-0.2, 0) is 6.54 Å². The number of halogens is 1. The van der Waals surface area contributed by atoms with Crippen LogP contribution in [0.4, 0.5) is 0 Å². The van der Waals surface area contributed by atoms with E-state index in [1.165, 1.54) is 59.9 Å². The van der Waals surface area contributed by atoms with E-state index in [0.29, 0.717) is 0 Å². The first kappa shape index (κ1) is 14.0. The first-order chi connectivity index (χ1) is 9.31. The fourth-order valence-corrected chi connectivity index (χ4v) is 4.62. The largest absolute Gasteiger partial charge is 0.310 e. The zero-order valence-corrected chi connectivity index (χ0v) is 13.7. The highest BCUT2D eigenvalue weighted by Gasteiger charge is 2.21. The first-order valence-corrected chi connectivity index (χ1v) is 9.17. The van der Waals surface area contributed by atoms with Gasteiger partial charge in [0.05, 0.1) is 0 Å². The van der Waals surface area contributed by atoms with Gasteiger partial charge in [0, 0.05) is 27.2 Å². The highest BCUT2D eigenvalue weighted by atomic mass is 79.9. The van der Waals surface area contributed by atoms with Crippen LogP contribution in [0.3, 0.4) is 0 Å². The summed E-state index contributed by atoms with van der Waals surface area (Å²) in [6.07, 6.45) is 9.79. The molecule has 2 aliphatic rings. The highest BCUT2D eigenvalue weighted by Crippen LogP contribution is 2.36. The fraction of sp³-hybridized carbons (Fsp3) is 0.625. The summed E-state index contributed by atoms with van der Waals surface area (Å²) >= 11 is 5.73. The normalized spacial score (nSPS) is 20.7. The predicted octanol–water partition coefficient (Wildman–Crippen LogP) is 5.13. The van der Waals surface area contributed by atoms with Gasteiger partial charge >= 0.3 is 0 Å². The summed E-state index contributed by atoms with van der Waals surface area (Å²) in [5, 5.41) is 4.48. The van der Waals surface area contributed by atoms with E-state index in [9.17, 15) is 0 Å². The Morgan fingerprint density at radius 3 is 2.63 bits per heavy atom. The van der Waals surface area contributed by atoms with Crippen molar-refractivity contribution in [3.05, 3.63) is 28.2 Å². The van der Waals surface area contributed by atoms with Gasteiger partial charge in [0.2, 0.25) is 0 Å². The minimum Gasteiger partial charge on any atom is -0.310 e. The van der Waals surface area contributed by atoms with E-state index in [4.69, 9.17) is 0 Å². The van der Waals surface area contributed by atoms with Crippen LogP contribution in [0.1, 0.15) is 50.5 Å². The van der Waals surface area contributed by atoms with E-state index in [-0.39, 0.29) is 0 Å². The van der Waals surface area contributed by atoms with Gasteiger partial charge in [-0.15, -0.1) is 11.8 Å². The van der Waals surface area contributed by atoms with E-state index in [1.807, 2.05) is 0 Å². The number of thioether (sulfide) groups is 1. The van der Waals surface area contributed by atoms with Gasteiger partial charge in [-0.05, 0) is 43.4 Å². The number of rotatable bonds is 5. The van der Waals surface area contributed by atoms with Crippen LogP contribution >= 0.6 is 27.7 Å². The van der Waals surface area contributed by atoms with Gasteiger partial charge in [-0.1, -0.05) is 41.3 Å². The second-order valence-electron chi connectivity index (χ2n) is 5.79. The Labute approximate surface area is 129 Å². The zero-order chi connectivity index (χ0) is 13.1. The van der Waals surface area contributed by atoms with E-state index in [2.05, 4.69) is 51.2 Å². The topological polar surface area (TPSA) is 12.0 Å². The SMILES string of the molecule is Brc1ccc(CNC2CC2)c(SC2CCCCC2)c1. The van der Waals surface area contributed by atoms with E-state index < -0.39 is 0 Å². The van der Waals surface area contributed by atoms with Crippen molar-refractivity contribution in [1.82, 2.24) is 5.32 Å². The Bertz CT molecular complexity index is 425. The van der Waals surface area contributed by atoms with E-state index in [0.717, 1.165) is 17.8 Å². The number of nitrogens with one attached hydrogen (secondary N) is 1. The van der Waals surface area contributed by atoms with Crippen LogP contribution in [-0.4, -0.2) is 11.3 Å². The minimum atomic E-state index is 0.788. The smallest absolute Gasteiger partial charge is 0.0219 e. The standard InChI is InChI=1S/C16H22BrNS/c17-13-7-6-12(11-18-14-8-9-14)16(10-13)19-15-4-2-1-3-5-15/h6-7,10,14-15,18H,1-5,8-9,11H2. The lowest BCUT2D eigenvalue weighted by molar-refractivity contribution is 0.516. The molecule has 0 spiro atoms. The molecule has 0 amide bonds. The molecule has 0 radical (unpaired) electrons. The van der Waals surface area contributed by atoms with Crippen molar-refractivity contribution in [1.29, 1.82) is 0 Å². The lowest BCUT2D eigenvalue weighted by Crippen LogP contribution is -2.16. The second-order valence-corrected chi connectivity index (χ2v) is 8.04. The molecular formula is C16H22BrNS. The van der Waals surface area contributed by atoms with E-state index in [1.54, 1.807) is 0 Å². The van der Waals surface area contributed by atoms with Crippen molar-refractivity contribution < 1.29 is 0 Å². The maximum atomic E-state index is 3.64. The molecule has 2 aliphatic carbocycles. The van der Waals surface area contributed by atoms with Crippen molar-refractivity contribution in [3.63, 3.8) is 0 Å². The molecule has 19 heavy (non-hydrogen) atoms. The third kappa shape index (κ3) is 4.24. The van der Waals surface area contributed by atoms with Gasteiger partial charge in [-0.3, -0.25) is 0 Å². The van der Waals surface area contributed by atoms with Crippen LogP contribution in [0.2, 0.25) is 0 Å². The Morgan fingerprint density at radius 2 is 1.89 bits per heavy atom. The van der Waals surface area contributed by atoms with Gasteiger partial charge in [0.25, 0.3) is 0 Å². The summed E-state index contributed by atoms with van der Waals surface area (Å²) in [4.78, 5) is 1.48. The third-order valence-corrected chi connectivity index (χ3v) is 5.97. The first-order valence-electron chi connectivity index (χ1n) is 7.50. The van der Waals surface area contributed by atoms with Crippen molar-refractivity contribution in [2.45, 2.75) is 67.7 Å². The van der Waals surface area contributed by atoms with Crippen molar-refractivity contribution >= 4 is 27.7 Å². The molecule has 1 nitrogen and oxygen atoms in total. The summed E-state index contributed by atoms with van der Waals surface area (Å²) in [6.45, 7) is 1.03. The van der Waals surface area contributed by atoms with Crippen LogP contribution in [0, 0.1) is 0 Å². The lowest BCUT2D eigenvalue weighted by atomic mass is 10.0. The van der Waals surface area contributed by atoms with E-state index >= 15 is 0 Å². The average molecular weight is 340 g/mol. The fourth-order valence-electron chi connectivity index (χ4n) is 2.69. The second kappa shape index (κ2) is 6.64. The van der Waals surface area contributed by atoms with Crippen LogP contribution < -0.4 is 5.32 Å². The molecule has 3 heteroatoms. The zero-order valence-electron chi connectivity index (χ0n) is 11.3. The molecule has 1 aromatic carbocycles. The Morgan fingerprint density at radius 1 is 1.11 bits per heavy atom. The lowest BCUT2D eigenvalue weighted by Gasteiger charge is -2.22. The molecule has 2 saturated carbocycles. The molecule has 0 saturated heterocycles. The third-order valence-electron chi connectivity index (χ3n) is 4.03. The number of benzene rings is 1. The minimum absolute atomic E-state index is 0.788. The molecule has 0 heterocycles. The Balaban J connectivity index is 1.67. The Kier molecular flexibility index (Phi) is 4.88. The highest BCUT2D eigenvalue weighted by molar-refractivity contribution is 9.10. The van der Waals surface area contributed by atoms with Gasteiger partial charge in [0.15, 0.2) is 0 Å². The molecule has 0 atom stereocenters. The molecule has 1 aromatic rings. The number of hydrogen-bond acceptors (Lipinski definition) is 2. The van der Waals surface area contributed by atoms with Crippen LogP contribution in [0.25, 0.3) is 0 Å². The van der Waals surface area contributed by atoms with Gasteiger partial charge in [-0.25, -0.2) is 0 Å². The molecule has 0 aliphatic heterocycles. The maximum absolute atomic E-state index is 3.64. The molecule has 0 bridgehead atoms. The van der Waals surface area contributed by atoms with Crippen molar-refractivity contribution in [2.75, 3.05) is 0 Å². The van der Waals surface area contributed by atoms with Crippen LogP contribution in [0.5, 0.6) is 0 Å². The van der Waals surface area contributed by atoms with Gasteiger partial charge in [0.1, 0.15) is 0 Å². The molecule has 1 N–H and O–H groups in total. The summed E-state index contributed by atoms with van der Waals surface area (Å²) in [5.41, 5.74) is 1.48. The average Bonchev–Trinajstić information content (AvgIpc) is 3.23. The molecule has 0 aromatic heterocycles. The van der Waals surface area contributed by atoms with Gasteiger partial charge in [-0.2, -0.15) is 0 Å². The summed E-state index contributed by atoms with van der Waals surface area (Å²) in [6, 6.07) is 7.55. The summed E-state index contributed by atoms with van der Waals surface area (Å²) in [5.74, 6) is 0. The quantitative estimate of drug-likeness (QED) is 0.798.